The van der Waals surface area contributed by atoms with E-state index in [0.29, 0.717) is 6.04 Å². The van der Waals surface area contributed by atoms with E-state index in [4.69, 9.17) is 0 Å². The van der Waals surface area contributed by atoms with Crippen molar-refractivity contribution in [2.24, 2.45) is 0 Å². The predicted octanol–water partition coefficient (Wildman–Crippen LogP) is 2.43. The molecule has 0 atom stereocenters. The van der Waals surface area contributed by atoms with E-state index in [1.165, 1.54) is 6.92 Å². The van der Waals surface area contributed by atoms with Crippen LogP contribution in [0.5, 0.6) is 0 Å². The van der Waals surface area contributed by atoms with Crippen LogP contribution in [0.4, 0.5) is 5.69 Å². The van der Waals surface area contributed by atoms with Crippen LogP contribution >= 0.6 is 0 Å². The zero-order valence-electron chi connectivity index (χ0n) is 12.2. The number of benzene rings is 1. The number of carbonyl (C=O) groups excluding carboxylic acids is 1. The van der Waals surface area contributed by atoms with Crippen LogP contribution in [0.2, 0.25) is 0 Å². The Morgan fingerprint density at radius 2 is 1.95 bits per heavy atom. The Morgan fingerprint density at radius 1 is 1.24 bits per heavy atom. The standard InChI is InChI=1S/C16H20N4O/c1-12(21)19-15-4-2-13(3-5-15)14-10-18-20(11-14)16-6-8-17-9-7-16/h2-5,10-11,16-17H,6-9H2,1H3,(H,19,21). The minimum absolute atomic E-state index is 0.0542. The van der Waals surface area contributed by atoms with Crippen molar-refractivity contribution in [2.75, 3.05) is 18.4 Å². The molecule has 1 aliphatic heterocycles. The molecule has 0 radical (unpaired) electrons. The summed E-state index contributed by atoms with van der Waals surface area (Å²) in [6.45, 7) is 3.63. The lowest BCUT2D eigenvalue weighted by atomic mass is 10.1. The summed E-state index contributed by atoms with van der Waals surface area (Å²) in [5.74, 6) is -0.0542. The average molecular weight is 284 g/mol. The number of nitrogens with one attached hydrogen (secondary N) is 2. The smallest absolute Gasteiger partial charge is 0.221 e. The van der Waals surface area contributed by atoms with E-state index >= 15 is 0 Å². The SMILES string of the molecule is CC(=O)Nc1ccc(-c2cnn(C3CCNCC3)c2)cc1. The number of hydrogen-bond donors (Lipinski definition) is 2. The van der Waals surface area contributed by atoms with E-state index in [1.54, 1.807) is 0 Å². The number of amides is 1. The topological polar surface area (TPSA) is 59.0 Å². The summed E-state index contributed by atoms with van der Waals surface area (Å²) in [4.78, 5) is 11.0. The van der Waals surface area contributed by atoms with Crippen LogP contribution in [0.25, 0.3) is 11.1 Å². The number of hydrogen-bond acceptors (Lipinski definition) is 3. The van der Waals surface area contributed by atoms with Gasteiger partial charge in [0.05, 0.1) is 12.2 Å². The summed E-state index contributed by atoms with van der Waals surface area (Å²) in [5.41, 5.74) is 3.05. The second kappa shape index (κ2) is 6.10. The third-order valence-corrected chi connectivity index (χ3v) is 3.82. The molecule has 5 heteroatoms. The highest BCUT2D eigenvalue weighted by molar-refractivity contribution is 5.88. The van der Waals surface area contributed by atoms with Gasteiger partial charge in [-0.3, -0.25) is 9.48 Å². The van der Waals surface area contributed by atoms with Gasteiger partial charge >= 0.3 is 0 Å². The van der Waals surface area contributed by atoms with Crippen molar-refractivity contribution in [1.82, 2.24) is 15.1 Å². The van der Waals surface area contributed by atoms with Crippen molar-refractivity contribution in [3.05, 3.63) is 36.7 Å². The molecule has 5 nitrogen and oxygen atoms in total. The van der Waals surface area contributed by atoms with Gasteiger partial charge in [-0.15, -0.1) is 0 Å². The van der Waals surface area contributed by atoms with Gasteiger partial charge in [0.25, 0.3) is 0 Å². The van der Waals surface area contributed by atoms with Gasteiger partial charge in [0, 0.05) is 24.4 Å². The Balaban J connectivity index is 1.74. The Bertz CT molecular complexity index is 611. The number of piperidine rings is 1. The summed E-state index contributed by atoms with van der Waals surface area (Å²) in [7, 11) is 0. The van der Waals surface area contributed by atoms with Crippen LogP contribution < -0.4 is 10.6 Å². The molecule has 0 bridgehead atoms. The molecule has 21 heavy (non-hydrogen) atoms. The zero-order chi connectivity index (χ0) is 14.7. The summed E-state index contributed by atoms with van der Waals surface area (Å²) in [6.07, 6.45) is 6.28. The lowest BCUT2D eigenvalue weighted by Crippen LogP contribution is -2.29. The fourth-order valence-corrected chi connectivity index (χ4v) is 2.71. The van der Waals surface area contributed by atoms with E-state index in [0.717, 1.165) is 42.7 Å². The van der Waals surface area contributed by atoms with Crippen LogP contribution in [0.3, 0.4) is 0 Å². The van der Waals surface area contributed by atoms with Crippen molar-refractivity contribution in [3.63, 3.8) is 0 Å². The molecule has 2 heterocycles. The lowest BCUT2D eigenvalue weighted by molar-refractivity contribution is -0.114. The van der Waals surface area contributed by atoms with Crippen LogP contribution in [-0.2, 0) is 4.79 Å². The molecule has 110 valence electrons. The molecular formula is C16H20N4O. The molecule has 0 spiro atoms. The van der Waals surface area contributed by atoms with Gasteiger partial charge in [-0.25, -0.2) is 0 Å². The molecule has 1 amide bonds. The maximum Gasteiger partial charge on any atom is 0.221 e. The summed E-state index contributed by atoms with van der Waals surface area (Å²) >= 11 is 0. The molecule has 1 aromatic heterocycles. The number of anilines is 1. The van der Waals surface area contributed by atoms with Crippen molar-refractivity contribution >= 4 is 11.6 Å². The minimum atomic E-state index is -0.0542. The minimum Gasteiger partial charge on any atom is -0.326 e. The summed E-state index contributed by atoms with van der Waals surface area (Å²) < 4.78 is 2.08. The molecule has 0 aliphatic carbocycles. The summed E-state index contributed by atoms with van der Waals surface area (Å²) in [5, 5.41) is 10.6. The normalized spacial score (nSPS) is 15.9. The van der Waals surface area contributed by atoms with Gasteiger partial charge < -0.3 is 10.6 Å². The Morgan fingerprint density at radius 3 is 2.62 bits per heavy atom. The summed E-state index contributed by atoms with van der Waals surface area (Å²) in [6, 6.07) is 8.35. The molecule has 1 saturated heterocycles. The van der Waals surface area contributed by atoms with Crippen molar-refractivity contribution in [3.8, 4) is 11.1 Å². The number of rotatable bonds is 3. The van der Waals surface area contributed by atoms with Crippen molar-refractivity contribution in [2.45, 2.75) is 25.8 Å². The van der Waals surface area contributed by atoms with Gasteiger partial charge in [0.15, 0.2) is 0 Å². The Kier molecular flexibility index (Phi) is 4.01. The van der Waals surface area contributed by atoms with Gasteiger partial charge in [0.2, 0.25) is 5.91 Å². The second-order valence-electron chi connectivity index (χ2n) is 5.45. The fourth-order valence-electron chi connectivity index (χ4n) is 2.71. The molecule has 2 aromatic rings. The molecule has 1 aliphatic rings. The molecule has 2 N–H and O–H groups in total. The molecule has 3 rings (SSSR count). The quantitative estimate of drug-likeness (QED) is 0.910. The van der Waals surface area contributed by atoms with E-state index in [9.17, 15) is 4.79 Å². The van der Waals surface area contributed by atoms with E-state index < -0.39 is 0 Å². The molecular weight excluding hydrogens is 264 g/mol. The molecule has 1 aromatic carbocycles. The largest absolute Gasteiger partial charge is 0.326 e. The lowest BCUT2D eigenvalue weighted by Gasteiger charge is -2.22. The Hall–Kier alpha value is -2.14. The van der Waals surface area contributed by atoms with E-state index in [1.807, 2.05) is 30.5 Å². The highest BCUT2D eigenvalue weighted by atomic mass is 16.1. The third kappa shape index (κ3) is 3.31. The van der Waals surface area contributed by atoms with E-state index in [-0.39, 0.29) is 5.91 Å². The molecule has 1 fully saturated rings. The van der Waals surface area contributed by atoms with Crippen LogP contribution in [0.1, 0.15) is 25.8 Å². The van der Waals surface area contributed by atoms with Gasteiger partial charge in [0.1, 0.15) is 0 Å². The highest BCUT2D eigenvalue weighted by Gasteiger charge is 2.15. The van der Waals surface area contributed by atoms with E-state index in [2.05, 4.69) is 26.6 Å². The van der Waals surface area contributed by atoms with Gasteiger partial charge in [-0.2, -0.15) is 5.10 Å². The maximum absolute atomic E-state index is 11.0. The van der Waals surface area contributed by atoms with Crippen LogP contribution in [0, 0.1) is 0 Å². The zero-order valence-corrected chi connectivity index (χ0v) is 12.2. The predicted molar refractivity (Wildman–Crippen MR) is 83.1 cm³/mol. The average Bonchev–Trinajstić information content (AvgIpc) is 2.98. The number of aromatic nitrogens is 2. The first-order valence-corrected chi connectivity index (χ1v) is 7.35. The van der Waals surface area contributed by atoms with Gasteiger partial charge in [-0.1, -0.05) is 12.1 Å². The van der Waals surface area contributed by atoms with Crippen LogP contribution in [-0.4, -0.2) is 28.8 Å². The second-order valence-corrected chi connectivity index (χ2v) is 5.45. The highest BCUT2D eigenvalue weighted by Crippen LogP contribution is 2.24. The van der Waals surface area contributed by atoms with Gasteiger partial charge in [-0.05, 0) is 43.6 Å². The Labute approximate surface area is 124 Å². The first kappa shape index (κ1) is 13.8. The fraction of sp³-hybridized carbons (Fsp3) is 0.375. The first-order chi connectivity index (χ1) is 10.2. The molecule has 0 saturated carbocycles. The van der Waals surface area contributed by atoms with Crippen LogP contribution in [0.15, 0.2) is 36.7 Å². The monoisotopic (exact) mass is 284 g/mol. The van der Waals surface area contributed by atoms with Crippen molar-refractivity contribution in [1.29, 1.82) is 0 Å². The maximum atomic E-state index is 11.0. The number of nitrogens with zero attached hydrogens (tertiary/aromatic N) is 2. The number of carbonyl (C=O) groups is 1. The molecule has 0 unspecified atom stereocenters. The van der Waals surface area contributed by atoms with Crippen molar-refractivity contribution < 1.29 is 4.79 Å². The first-order valence-electron chi connectivity index (χ1n) is 7.35. The third-order valence-electron chi connectivity index (χ3n) is 3.82.